The Morgan fingerprint density at radius 3 is 2.37 bits per heavy atom. The van der Waals surface area contributed by atoms with Crippen LogP contribution in [0.1, 0.15) is 26.4 Å². The van der Waals surface area contributed by atoms with Crippen molar-refractivity contribution in [2.24, 2.45) is 0 Å². The van der Waals surface area contributed by atoms with E-state index in [-0.39, 0.29) is 12.4 Å². The number of Topliss-reactive ketones (excluding diaryl/α,β-unsaturated/α-hetero) is 2. The van der Waals surface area contributed by atoms with E-state index in [0.717, 1.165) is 11.3 Å². The zero-order valence-corrected chi connectivity index (χ0v) is 18.6. The summed E-state index contributed by atoms with van der Waals surface area (Å²) in [5.74, 6) is 0.110. The fourth-order valence-electron chi connectivity index (χ4n) is 4.95. The van der Waals surface area contributed by atoms with Gasteiger partial charge in [-0.15, -0.1) is 0 Å². The maximum atomic E-state index is 13.6. The van der Waals surface area contributed by atoms with E-state index in [4.69, 9.17) is 19.6 Å². The summed E-state index contributed by atoms with van der Waals surface area (Å²) in [6.45, 7) is 2.02. The number of rotatable bonds is 2. The third-order valence-electron chi connectivity index (χ3n) is 6.51. The lowest BCUT2D eigenvalue weighted by Gasteiger charge is -2.21. The Kier molecular flexibility index (Phi) is 3.99. The Morgan fingerprint density at radius 1 is 0.800 bits per heavy atom. The van der Waals surface area contributed by atoms with Gasteiger partial charge in [-0.25, -0.2) is 9.67 Å². The summed E-state index contributed by atoms with van der Waals surface area (Å²) in [4.78, 5) is 31.7. The number of carbonyl (C=O) groups is 2. The van der Waals surface area contributed by atoms with Gasteiger partial charge in [-0.1, -0.05) is 48.5 Å². The average molecular weight is 459 g/mol. The van der Waals surface area contributed by atoms with Crippen LogP contribution in [0, 0.1) is 6.92 Å². The monoisotopic (exact) mass is 459 g/mol. The van der Waals surface area contributed by atoms with Crippen LogP contribution in [0.4, 0.5) is 0 Å². The molecular weight excluding hydrogens is 442 g/mol. The van der Waals surface area contributed by atoms with Crippen LogP contribution in [0.3, 0.4) is 0 Å². The molecule has 0 saturated heterocycles. The molecule has 1 aliphatic carbocycles. The van der Waals surface area contributed by atoms with Gasteiger partial charge < -0.3 is 9.47 Å². The molecule has 0 fully saturated rings. The highest BCUT2D eigenvalue weighted by Gasteiger charge is 2.36. The van der Waals surface area contributed by atoms with Crippen LogP contribution in [0.25, 0.3) is 39.1 Å². The fourth-order valence-corrected chi connectivity index (χ4v) is 4.95. The number of aromatic nitrogens is 3. The van der Waals surface area contributed by atoms with Crippen molar-refractivity contribution in [2.75, 3.05) is 6.79 Å². The van der Waals surface area contributed by atoms with Crippen molar-refractivity contribution < 1.29 is 19.1 Å². The van der Waals surface area contributed by atoms with Gasteiger partial charge in [-0.2, -0.15) is 5.10 Å². The van der Waals surface area contributed by atoms with Gasteiger partial charge in [-0.3, -0.25) is 9.59 Å². The maximum Gasteiger partial charge on any atom is 0.236 e. The number of para-hydroxylation sites is 1. The van der Waals surface area contributed by atoms with Crippen LogP contribution in [-0.4, -0.2) is 33.1 Å². The van der Waals surface area contributed by atoms with Gasteiger partial charge in [0.25, 0.3) is 0 Å². The van der Waals surface area contributed by atoms with Gasteiger partial charge in [0, 0.05) is 16.7 Å². The molecule has 168 valence electrons. The first-order chi connectivity index (χ1) is 17.1. The Hall–Kier alpha value is -4.78. The normalized spacial score (nSPS) is 13.7. The van der Waals surface area contributed by atoms with Crippen molar-refractivity contribution in [2.45, 2.75) is 6.92 Å². The number of ether oxygens (including phenoxy) is 2. The Labute approximate surface area is 199 Å². The van der Waals surface area contributed by atoms with Crippen LogP contribution in [0.5, 0.6) is 11.5 Å². The van der Waals surface area contributed by atoms with E-state index in [1.807, 2.05) is 67.6 Å². The fraction of sp³-hybridized carbons (Fsp3) is 0.0714. The molecule has 0 amide bonds. The molecule has 0 radical (unpaired) electrons. The van der Waals surface area contributed by atoms with Crippen molar-refractivity contribution in [3.63, 3.8) is 0 Å². The molecule has 0 N–H and O–H groups in total. The second-order valence-corrected chi connectivity index (χ2v) is 8.51. The lowest BCUT2D eigenvalue weighted by molar-refractivity contribution is 0.0815. The lowest BCUT2D eigenvalue weighted by Crippen LogP contribution is -2.23. The first-order valence-electron chi connectivity index (χ1n) is 11.2. The molecule has 1 aliphatic heterocycles. The van der Waals surface area contributed by atoms with Crippen LogP contribution in [0.2, 0.25) is 0 Å². The number of fused-ring (bicyclic) bond motifs is 5. The first kappa shape index (κ1) is 19.7. The van der Waals surface area contributed by atoms with Gasteiger partial charge in [0.2, 0.25) is 18.4 Å². The van der Waals surface area contributed by atoms with Crippen molar-refractivity contribution in [1.29, 1.82) is 0 Å². The number of nitrogens with zero attached hydrogens (tertiary/aromatic N) is 3. The number of benzene rings is 3. The highest BCUT2D eigenvalue weighted by atomic mass is 16.7. The molecule has 0 bridgehead atoms. The van der Waals surface area contributed by atoms with Gasteiger partial charge >= 0.3 is 0 Å². The molecule has 5 aromatic rings. The van der Waals surface area contributed by atoms with E-state index >= 15 is 0 Å². The topological polar surface area (TPSA) is 83.3 Å². The number of ketones is 2. The minimum Gasteiger partial charge on any atom is -0.454 e. The average Bonchev–Trinajstić information content (AvgIpc) is 3.50. The second-order valence-electron chi connectivity index (χ2n) is 8.51. The molecule has 3 aromatic carbocycles. The molecule has 2 aromatic heterocycles. The molecule has 35 heavy (non-hydrogen) atoms. The highest BCUT2D eigenvalue weighted by molar-refractivity contribution is 6.54. The molecule has 0 spiro atoms. The van der Waals surface area contributed by atoms with Gasteiger partial charge in [0.15, 0.2) is 17.1 Å². The Bertz CT molecular complexity index is 1720. The van der Waals surface area contributed by atoms with Crippen molar-refractivity contribution in [3.8, 4) is 39.6 Å². The molecular formula is C28H17N3O4. The SMILES string of the molecule is Cc1nn(-c2ccccc2)c2nc3c(c(-c4ccc5c(c4)OCO5)c12)C(=O)C(=O)c1ccccc1-3. The third kappa shape index (κ3) is 2.72. The number of carbonyl (C=O) groups excluding carboxylic acids is 2. The lowest BCUT2D eigenvalue weighted by atomic mass is 9.82. The van der Waals surface area contributed by atoms with E-state index in [9.17, 15) is 9.59 Å². The summed E-state index contributed by atoms with van der Waals surface area (Å²) in [7, 11) is 0. The highest BCUT2D eigenvalue weighted by Crippen LogP contribution is 2.45. The van der Waals surface area contributed by atoms with Gasteiger partial charge in [0.05, 0.1) is 28.0 Å². The summed E-state index contributed by atoms with van der Waals surface area (Å²) >= 11 is 0. The van der Waals surface area contributed by atoms with E-state index in [1.165, 1.54) is 0 Å². The number of hydrogen-bond acceptors (Lipinski definition) is 6. The molecule has 0 atom stereocenters. The first-order valence-corrected chi connectivity index (χ1v) is 11.2. The molecule has 2 aliphatic rings. The molecule has 7 rings (SSSR count). The largest absolute Gasteiger partial charge is 0.454 e. The van der Waals surface area contributed by atoms with Crippen molar-refractivity contribution in [1.82, 2.24) is 14.8 Å². The van der Waals surface area contributed by atoms with E-state index in [0.29, 0.717) is 50.6 Å². The molecule has 7 nitrogen and oxygen atoms in total. The smallest absolute Gasteiger partial charge is 0.236 e. The molecule has 3 heterocycles. The van der Waals surface area contributed by atoms with Crippen LogP contribution in [0.15, 0.2) is 72.8 Å². The standard InChI is InChI=1S/C28H17N3O4/c1-15-22-23(16-11-12-20-21(13-16)35-14-34-20)24-25(18-9-5-6-10-19(18)26(32)27(24)33)29-28(22)31(30-15)17-7-3-2-4-8-17/h2-13H,14H2,1H3. The number of aryl methyl sites for hydroxylation is 1. The summed E-state index contributed by atoms with van der Waals surface area (Å²) in [6.07, 6.45) is 0. The van der Waals surface area contributed by atoms with Gasteiger partial charge in [0.1, 0.15) is 0 Å². The minimum absolute atomic E-state index is 0.137. The molecule has 0 unspecified atom stereocenters. The van der Waals surface area contributed by atoms with Crippen LogP contribution in [-0.2, 0) is 0 Å². The van der Waals surface area contributed by atoms with E-state index in [2.05, 4.69) is 0 Å². The predicted molar refractivity (Wildman–Crippen MR) is 129 cm³/mol. The van der Waals surface area contributed by atoms with Crippen molar-refractivity contribution >= 4 is 22.6 Å². The van der Waals surface area contributed by atoms with Crippen molar-refractivity contribution in [3.05, 3.63) is 89.6 Å². The molecule has 0 saturated carbocycles. The number of hydrogen-bond donors (Lipinski definition) is 0. The summed E-state index contributed by atoms with van der Waals surface area (Å²) < 4.78 is 12.9. The predicted octanol–water partition coefficient (Wildman–Crippen LogP) is 5.17. The quantitative estimate of drug-likeness (QED) is 0.339. The Balaban J connectivity index is 1.65. The minimum atomic E-state index is -0.576. The molecule has 7 heteroatoms. The summed E-state index contributed by atoms with van der Waals surface area (Å²) in [5.41, 5.74) is 5.26. The summed E-state index contributed by atoms with van der Waals surface area (Å²) in [5, 5.41) is 5.51. The van der Waals surface area contributed by atoms with E-state index < -0.39 is 11.6 Å². The van der Waals surface area contributed by atoms with Gasteiger partial charge in [-0.05, 0) is 36.8 Å². The summed E-state index contributed by atoms with van der Waals surface area (Å²) in [6, 6.07) is 22.4. The van der Waals surface area contributed by atoms with E-state index in [1.54, 1.807) is 16.8 Å². The second kappa shape index (κ2) is 7.11. The van der Waals surface area contributed by atoms with Crippen LogP contribution < -0.4 is 9.47 Å². The zero-order valence-electron chi connectivity index (χ0n) is 18.6. The maximum absolute atomic E-state index is 13.6. The van der Waals surface area contributed by atoms with Crippen LogP contribution >= 0.6 is 0 Å². The zero-order chi connectivity index (χ0) is 23.7. The Morgan fingerprint density at radius 2 is 1.54 bits per heavy atom. The number of pyridine rings is 1. The third-order valence-corrected chi connectivity index (χ3v) is 6.51.